The number of esters is 2. The summed E-state index contributed by atoms with van der Waals surface area (Å²) in [5.74, 6) is -2.01. The lowest BCUT2D eigenvalue weighted by molar-refractivity contribution is -0.327. The van der Waals surface area contributed by atoms with Crippen molar-refractivity contribution in [2.75, 3.05) is 20.3 Å². The number of benzene rings is 1. The minimum absolute atomic E-state index is 0.00991. The topological polar surface area (TPSA) is 181 Å². The van der Waals surface area contributed by atoms with Crippen molar-refractivity contribution < 1.29 is 58.8 Å². The Kier molecular flexibility index (Phi) is 10.2. The summed E-state index contributed by atoms with van der Waals surface area (Å²) in [5, 5.41) is 48.8. The molecule has 0 aromatic heterocycles. The van der Waals surface area contributed by atoms with Gasteiger partial charge in [-0.3, -0.25) is 4.79 Å². The second kappa shape index (κ2) is 13.1. The minimum atomic E-state index is -1.68. The number of carbonyl (C=O) groups excluding carboxylic acids is 2. The Morgan fingerprint density at radius 1 is 1.05 bits per heavy atom. The third-order valence-electron chi connectivity index (χ3n) is 6.16. The number of allylic oxidation sites excluding steroid dienone is 1. The predicted octanol–water partition coefficient (Wildman–Crippen LogP) is -0.691. The van der Waals surface area contributed by atoms with Crippen molar-refractivity contribution in [3.05, 3.63) is 53.3 Å². The van der Waals surface area contributed by atoms with Crippen molar-refractivity contribution in [2.45, 2.75) is 56.8 Å². The molecular formula is C25H32O12. The highest BCUT2D eigenvalue weighted by Crippen LogP contribution is 2.36. The van der Waals surface area contributed by atoms with Gasteiger partial charge < -0.3 is 49.2 Å². The average molecular weight is 525 g/mol. The molecule has 12 nitrogen and oxygen atoms in total. The van der Waals surface area contributed by atoms with E-state index in [1.54, 1.807) is 37.3 Å². The van der Waals surface area contributed by atoms with Gasteiger partial charge in [-0.25, -0.2) is 4.79 Å². The molecule has 5 N–H and O–H groups in total. The van der Waals surface area contributed by atoms with Gasteiger partial charge >= 0.3 is 11.9 Å². The highest BCUT2D eigenvalue weighted by atomic mass is 16.8. The molecule has 1 aromatic rings. The van der Waals surface area contributed by atoms with Crippen molar-refractivity contribution >= 4 is 11.9 Å². The van der Waals surface area contributed by atoms with Crippen LogP contribution in [0, 0.1) is 5.92 Å². The molecule has 2 aliphatic heterocycles. The van der Waals surface area contributed by atoms with Crippen LogP contribution >= 0.6 is 0 Å². The number of aliphatic hydroxyl groups excluding tert-OH is 5. The van der Waals surface area contributed by atoms with E-state index < -0.39 is 61.5 Å². The van der Waals surface area contributed by atoms with E-state index in [4.69, 9.17) is 28.8 Å². The lowest BCUT2D eigenvalue weighted by Gasteiger charge is -2.41. The predicted molar refractivity (Wildman–Crippen MR) is 125 cm³/mol. The molecule has 204 valence electrons. The molecule has 0 amide bonds. The maximum atomic E-state index is 12.8. The lowest BCUT2D eigenvalue weighted by Crippen LogP contribution is -2.60. The number of methoxy groups -OCH3 is 1. The molecule has 1 saturated heterocycles. The fourth-order valence-corrected chi connectivity index (χ4v) is 4.12. The van der Waals surface area contributed by atoms with Crippen LogP contribution in [-0.4, -0.2) is 94.8 Å². The number of rotatable bonds is 9. The fraction of sp³-hybridized carbons (Fsp3) is 0.520. The standard InChI is InChI=1S/C25H32O12/c1-3-15-16(10-19(28)35-14-6-4-13(5-7-14)8-9-26)17(23(32)33-2)12-34-24(15)37-25-22(31)21(30)20(29)18(11-27)36-25/h3-7,12,16,18,20-22,24-27,29-31H,8-11H2,1-2H3/b15-3+/t16-,18+,20+,21-,22+,24-,25-/m0/s1. The molecule has 0 aliphatic carbocycles. The summed E-state index contributed by atoms with van der Waals surface area (Å²) >= 11 is 0. The first-order chi connectivity index (χ1) is 17.7. The quantitative estimate of drug-likeness (QED) is 0.156. The molecule has 0 bridgehead atoms. The number of hydrogen-bond donors (Lipinski definition) is 5. The molecular weight excluding hydrogens is 492 g/mol. The van der Waals surface area contributed by atoms with Crippen molar-refractivity contribution in [3.63, 3.8) is 0 Å². The van der Waals surface area contributed by atoms with Crippen molar-refractivity contribution in [1.82, 2.24) is 0 Å². The van der Waals surface area contributed by atoms with Gasteiger partial charge in [-0.05, 0) is 31.0 Å². The molecule has 0 unspecified atom stereocenters. The largest absolute Gasteiger partial charge is 0.468 e. The molecule has 37 heavy (non-hydrogen) atoms. The third kappa shape index (κ3) is 6.73. The van der Waals surface area contributed by atoms with E-state index in [0.717, 1.165) is 11.8 Å². The molecule has 3 rings (SSSR count). The van der Waals surface area contributed by atoms with Crippen LogP contribution in [0.25, 0.3) is 0 Å². The van der Waals surface area contributed by atoms with E-state index in [1.807, 2.05) is 0 Å². The number of aliphatic hydroxyl groups is 5. The first-order valence-electron chi connectivity index (χ1n) is 11.7. The molecule has 1 fully saturated rings. The summed E-state index contributed by atoms with van der Waals surface area (Å²) in [7, 11) is 1.18. The van der Waals surface area contributed by atoms with Gasteiger partial charge in [0.25, 0.3) is 0 Å². The van der Waals surface area contributed by atoms with Gasteiger partial charge in [0.15, 0.2) is 6.29 Å². The molecule has 1 aromatic carbocycles. The Hall–Kier alpha value is -2.84. The Labute approximate surface area is 213 Å². The zero-order valence-corrected chi connectivity index (χ0v) is 20.4. The second-order valence-corrected chi connectivity index (χ2v) is 8.50. The Morgan fingerprint density at radius 3 is 2.35 bits per heavy atom. The van der Waals surface area contributed by atoms with Crippen LogP contribution in [0.4, 0.5) is 0 Å². The third-order valence-corrected chi connectivity index (χ3v) is 6.16. The van der Waals surface area contributed by atoms with Crippen LogP contribution in [-0.2, 0) is 35.0 Å². The average Bonchev–Trinajstić information content (AvgIpc) is 2.90. The van der Waals surface area contributed by atoms with Crippen molar-refractivity contribution in [3.8, 4) is 5.75 Å². The van der Waals surface area contributed by atoms with Crippen LogP contribution in [0.5, 0.6) is 5.75 Å². The van der Waals surface area contributed by atoms with E-state index in [1.165, 1.54) is 7.11 Å². The maximum Gasteiger partial charge on any atom is 0.337 e. The van der Waals surface area contributed by atoms with Gasteiger partial charge in [-0.1, -0.05) is 18.2 Å². The van der Waals surface area contributed by atoms with Crippen molar-refractivity contribution in [1.29, 1.82) is 0 Å². The Bertz CT molecular complexity index is 986. The highest BCUT2D eigenvalue weighted by molar-refractivity contribution is 5.91. The van der Waals surface area contributed by atoms with Gasteiger partial charge in [0.1, 0.15) is 30.2 Å². The zero-order chi connectivity index (χ0) is 27.1. The van der Waals surface area contributed by atoms with Crippen molar-refractivity contribution in [2.24, 2.45) is 5.92 Å². The van der Waals surface area contributed by atoms with Gasteiger partial charge in [0, 0.05) is 18.1 Å². The van der Waals surface area contributed by atoms with Crippen LogP contribution in [0.2, 0.25) is 0 Å². The normalized spacial score (nSPS) is 30.8. The van der Waals surface area contributed by atoms with Gasteiger partial charge in [-0.2, -0.15) is 0 Å². The zero-order valence-electron chi connectivity index (χ0n) is 20.4. The molecule has 0 saturated carbocycles. The summed E-state index contributed by atoms with van der Waals surface area (Å²) in [6, 6.07) is 6.61. The molecule has 2 aliphatic rings. The van der Waals surface area contributed by atoms with Crippen LogP contribution < -0.4 is 4.74 Å². The molecule has 2 heterocycles. The monoisotopic (exact) mass is 524 g/mol. The SMILES string of the molecule is C/C=C1/[C@H](O[C@@H]2O[C@H](CO)[C@@H](O)[C@H](O)[C@H]2O)OC=C(C(=O)OC)[C@H]1CC(=O)Oc1ccc(CCO)cc1. The first-order valence-corrected chi connectivity index (χ1v) is 11.7. The summed E-state index contributed by atoms with van der Waals surface area (Å²) in [6.07, 6.45) is -6.06. The number of hydrogen-bond acceptors (Lipinski definition) is 12. The van der Waals surface area contributed by atoms with Gasteiger partial charge in [0.05, 0.1) is 32.0 Å². The minimum Gasteiger partial charge on any atom is -0.468 e. The summed E-state index contributed by atoms with van der Waals surface area (Å²) in [5.41, 5.74) is 1.21. The van der Waals surface area contributed by atoms with E-state index in [2.05, 4.69) is 0 Å². The fourth-order valence-electron chi connectivity index (χ4n) is 4.12. The summed E-state index contributed by atoms with van der Waals surface area (Å²) in [4.78, 5) is 25.2. The van der Waals surface area contributed by atoms with E-state index in [0.29, 0.717) is 12.0 Å². The summed E-state index contributed by atoms with van der Waals surface area (Å²) < 4.78 is 26.9. The second-order valence-electron chi connectivity index (χ2n) is 8.50. The first kappa shape index (κ1) is 28.7. The summed E-state index contributed by atoms with van der Waals surface area (Å²) in [6.45, 7) is 0.972. The van der Waals surface area contributed by atoms with Gasteiger partial charge in [-0.15, -0.1) is 0 Å². The molecule has 0 radical (unpaired) electrons. The molecule has 7 atom stereocenters. The number of ether oxygens (including phenoxy) is 5. The smallest absolute Gasteiger partial charge is 0.337 e. The highest BCUT2D eigenvalue weighted by Gasteiger charge is 2.46. The Morgan fingerprint density at radius 2 is 1.76 bits per heavy atom. The van der Waals surface area contributed by atoms with E-state index >= 15 is 0 Å². The van der Waals surface area contributed by atoms with Crippen LogP contribution in [0.1, 0.15) is 18.9 Å². The van der Waals surface area contributed by atoms with Crippen LogP contribution in [0.15, 0.2) is 47.7 Å². The molecule has 0 spiro atoms. The van der Waals surface area contributed by atoms with E-state index in [-0.39, 0.29) is 24.4 Å². The molecule has 12 heteroatoms. The maximum absolute atomic E-state index is 12.8. The Balaban J connectivity index is 1.78. The lowest BCUT2D eigenvalue weighted by atomic mass is 9.86. The van der Waals surface area contributed by atoms with Crippen LogP contribution in [0.3, 0.4) is 0 Å². The van der Waals surface area contributed by atoms with Gasteiger partial charge in [0.2, 0.25) is 6.29 Å². The number of carbonyl (C=O) groups is 2. The van der Waals surface area contributed by atoms with E-state index in [9.17, 15) is 30.0 Å².